The third-order valence-corrected chi connectivity index (χ3v) is 6.45. The highest BCUT2D eigenvalue weighted by molar-refractivity contribution is 6.04. The lowest BCUT2D eigenvalue weighted by molar-refractivity contribution is 0.102. The van der Waals surface area contributed by atoms with Gasteiger partial charge in [0.2, 0.25) is 0 Å². The number of nitrogens with zero attached hydrogens (tertiary/aromatic N) is 2. The van der Waals surface area contributed by atoms with Crippen molar-refractivity contribution < 1.29 is 4.79 Å². The average Bonchev–Trinajstić information content (AvgIpc) is 3.34. The van der Waals surface area contributed by atoms with Gasteiger partial charge in [-0.3, -0.25) is 4.79 Å². The summed E-state index contributed by atoms with van der Waals surface area (Å²) in [6, 6.07) is 17.6. The second-order valence-electron chi connectivity index (χ2n) is 8.41. The second kappa shape index (κ2) is 9.75. The first-order valence-electron chi connectivity index (χ1n) is 10.6. The Morgan fingerprint density at radius 1 is 0.966 bits per heavy atom. The molecule has 29 heavy (non-hydrogen) atoms. The van der Waals surface area contributed by atoms with E-state index < -0.39 is 0 Å². The molecule has 2 aromatic rings. The van der Waals surface area contributed by atoms with Gasteiger partial charge < -0.3 is 15.1 Å². The number of hydrogen-bond donors (Lipinski definition) is 1. The first-order valence-corrected chi connectivity index (χ1v) is 10.6. The second-order valence-corrected chi connectivity index (χ2v) is 8.41. The number of halogens is 1. The van der Waals surface area contributed by atoms with E-state index >= 15 is 0 Å². The number of likely N-dealkylation sites (tertiary alicyclic amines) is 2. The highest BCUT2D eigenvalue weighted by Gasteiger charge is 2.42. The Kier molecular flexibility index (Phi) is 7.33. The van der Waals surface area contributed by atoms with Crippen LogP contribution in [0.5, 0.6) is 0 Å². The highest BCUT2D eigenvalue weighted by atomic mass is 35.5. The maximum Gasteiger partial charge on any atom is 0.255 e. The molecule has 1 N–H and O–H groups in total. The molecule has 1 amide bonds. The molecule has 2 fully saturated rings. The molecule has 4 nitrogen and oxygen atoms in total. The highest BCUT2D eigenvalue weighted by Crippen LogP contribution is 2.39. The maximum absolute atomic E-state index is 12.2. The lowest BCUT2D eigenvalue weighted by Gasteiger charge is -2.24. The fourth-order valence-electron chi connectivity index (χ4n) is 4.68. The molecule has 1 spiro atoms. The first kappa shape index (κ1) is 21.8. The Balaban J connectivity index is 0.00000240. The van der Waals surface area contributed by atoms with E-state index in [4.69, 9.17) is 0 Å². The molecule has 2 aromatic carbocycles. The molecular formula is C24H32ClN3O. The van der Waals surface area contributed by atoms with Gasteiger partial charge in [-0.05, 0) is 74.1 Å². The summed E-state index contributed by atoms with van der Waals surface area (Å²) in [4.78, 5) is 17.5. The molecule has 2 heterocycles. The Bertz CT molecular complexity index is 796. The largest absolute Gasteiger partial charge is 0.322 e. The fourth-order valence-corrected chi connectivity index (χ4v) is 4.68. The zero-order chi connectivity index (χ0) is 19.4. The van der Waals surface area contributed by atoms with Crippen LogP contribution in [0.3, 0.4) is 0 Å². The van der Waals surface area contributed by atoms with Crippen molar-refractivity contribution in [2.45, 2.75) is 26.2 Å². The third-order valence-electron chi connectivity index (χ3n) is 6.45. The minimum atomic E-state index is -0.0617. The van der Waals surface area contributed by atoms with E-state index in [0.29, 0.717) is 11.0 Å². The van der Waals surface area contributed by atoms with E-state index in [2.05, 4.69) is 34.2 Å². The number of anilines is 1. The third kappa shape index (κ3) is 5.39. The summed E-state index contributed by atoms with van der Waals surface area (Å²) in [6.45, 7) is 9.66. The number of hydrogen-bond acceptors (Lipinski definition) is 3. The van der Waals surface area contributed by atoms with Crippen molar-refractivity contribution in [3.8, 4) is 0 Å². The van der Waals surface area contributed by atoms with Crippen molar-refractivity contribution in [1.29, 1.82) is 0 Å². The van der Waals surface area contributed by atoms with Gasteiger partial charge in [0, 0.05) is 30.9 Å². The van der Waals surface area contributed by atoms with Crippen LogP contribution in [0.15, 0.2) is 54.6 Å². The number of carbonyl (C=O) groups is 1. The Hall–Kier alpha value is -1.88. The number of amides is 1. The summed E-state index contributed by atoms with van der Waals surface area (Å²) >= 11 is 0. The number of nitrogens with one attached hydrogen (secondary N) is 1. The van der Waals surface area contributed by atoms with E-state index in [1.807, 2.05) is 42.5 Å². The van der Waals surface area contributed by atoms with E-state index in [1.54, 1.807) is 0 Å². The van der Waals surface area contributed by atoms with Crippen LogP contribution < -0.4 is 5.32 Å². The Morgan fingerprint density at radius 2 is 1.62 bits per heavy atom. The predicted octanol–water partition coefficient (Wildman–Crippen LogP) is 4.32. The van der Waals surface area contributed by atoms with E-state index in [1.165, 1.54) is 51.1 Å². The average molecular weight is 414 g/mol. The molecule has 1 unspecified atom stereocenters. The SMILES string of the molecule is CCN1CCC2(CCN(CCc3ccc(NC(=O)c4ccccc4)cc3)C2)C1.Cl. The Morgan fingerprint density at radius 3 is 2.28 bits per heavy atom. The lowest BCUT2D eigenvalue weighted by Crippen LogP contribution is -2.31. The summed E-state index contributed by atoms with van der Waals surface area (Å²) in [6.07, 6.45) is 3.79. The zero-order valence-corrected chi connectivity index (χ0v) is 18.1. The summed E-state index contributed by atoms with van der Waals surface area (Å²) in [5.41, 5.74) is 3.42. The van der Waals surface area contributed by atoms with Gasteiger partial charge >= 0.3 is 0 Å². The molecule has 2 saturated heterocycles. The van der Waals surface area contributed by atoms with Crippen LogP contribution in [0, 0.1) is 5.41 Å². The van der Waals surface area contributed by atoms with E-state index in [-0.39, 0.29) is 18.3 Å². The van der Waals surface area contributed by atoms with Crippen LogP contribution in [0.2, 0.25) is 0 Å². The van der Waals surface area contributed by atoms with Crippen molar-refractivity contribution in [2.75, 3.05) is 44.6 Å². The molecule has 0 radical (unpaired) electrons. The molecule has 156 valence electrons. The standard InChI is InChI=1S/C24H31N3O.ClH/c1-2-26-16-13-24(18-26)14-17-27(19-24)15-12-20-8-10-22(11-9-20)25-23(28)21-6-4-3-5-7-21;/h3-11H,2,12-19H2,1H3,(H,25,28);1H. The minimum absolute atomic E-state index is 0. The summed E-state index contributed by atoms with van der Waals surface area (Å²) < 4.78 is 0. The molecule has 0 bridgehead atoms. The van der Waals surface area contributed by atoms with Gasteiger partial charge in [-0.1, -0.05) is 37.3 Å². The first-order chi connectivity index (χ1) is 13.7. The van der Waals surface area contributed by atoms with Crippen LogP contribution in [-0.4, -0.2) is 55.0 Å². The van der Waals surface area contributed by atoms with Crippen molar-refractivity contribution in [3.05, 3.63) is 65.7 Å². The monoisotopic (exact) mass is 413 g/mol. The van der Waals surface area contributed by atoms with Crippen molar-refractivity contribution >= 4 is 24.0 Å². The van der Waals surface area contributed by atoms with Crippen molar-refractivity contribution in [3.63, 3.8) is 0 Å². The number of carbonyl (C=O) groups excluding carboxylic acids is 1. The van der Waals surface area contributed by atoms with Gasteiger partial charge in [-0.2, -0.15) is 0 Å². The lowest BCUT2D eigenvalue weighted by atomic mass is 9.86. The van der Waals surface area contributed by atoms with Gasteiger partial charge in [0.15, 0.2) is 0 Å². The predicted molar refractivity (Wildman–Crippen MR) is 122 cm³/mol. The van der Waals surface area contributed by atoms with Crippen LogP contribution in [0.1, 0.15) is 35.7 Å². The van der Waals surface area contributed by atoms with Crippen LogP contribution >= 0.6 is 12.4 Å². The van der Waals surface area contributed by atoms with Crippen LogP contribution in [-0.2, 0) is 6.42 Å². The van der Waals surface area contributed by atoms with Crippen molar-refractivity contribution in [2.24, 2.45) is 5.41 Å². The fraction of sp³-hybridized carbons (Fsp3) is 0.458. The summed E-state index contributed by atoms with van der Waals surface area (Å²) in [5.74, 6) is -0.0617. The van der Waals surface area contributed by atoms with Crippen LogP contribution in [0.25, 0.3) is 0 Å². The molecular weight excluding hydrogens is 382 g/mol. The van der Waals surface area contributed by atoms with Crippen LogP contribution in [0.4, 0.5) is 5.69 Å². The summed E-state index contributed by atoms with van der Waals surface area (Å²) in [7, 11) is 0. The quantitative estimate of drug-likeness (QED) is 0.765. The van der Waals surface area contributed by atoms with Gasteiger partial charge in [-0.25, -0.2) is 0 Å². The van der Waals surface area contributed by atoms with E-state index in [9.17, 15) is 4.79 Å². The van der Waals surface area contributed by atoms with Gasteiger partial charge in [-0.15, -0.1) is 12.4 Å². The van der Waals surface area contributed by atoms with Gasteiger partial charge in [0.25, 0.3) is 5.91 Å². The molecule has 5 heteroatoms. The topological polar surface area (TPSA) is 35.6 Å². The number of benzene rings is 2. The normalized spacial score (nSPS) is 22.0. The summed E-state index contributed by atoms with van der Waals surface area (Å²) in [5, 5.41) is 2.97. The number of rotatable bonds is 6. The molecule has 0 saturated carbocycles. The van der Waals surface area contributed by atoms with Crippen molar-refractivity contribution in [1.82, 2.24) is 9.80 Å². The molecule has 2 aliphatic heterocycles. The smallest absolute Gasteiger partial charge is 0.255 e. The maximum atomic E-state index is 12.2. The van der Waals surface area contributed by atoms with E-state index in [0.717, 1.165) is 18.7 Å². The molecule has 0 aromatic heterocycles. The molecule has 4 rings (SSSR count). The molecule has 0 aliphatic carbocycles. The van der Waals surface area contributed by atoms with Gasteiger partial charge in [0.1, 0.15) is 0 Å². The Labute approximate surface area is 180 Å². The molecule has 2 aliphatic rings. The van der Waals surface area contributed by atoms with Gasteiger partial charge in [0.05, 0.1) is 0 Å². The zero-order valence-electron chi connectivity index (χ0n) is 17.3. The minimum Gasteiger partial charge on any atom is -0.322 e. The molecule has 1 atom stereocenters.